The summed E-state index contributed by atoms with van der Waals surface area (Å²) in [6, 6.07) is 5.99. The Labute approximate surface area is 152 Å². The van der Waals surface area contributed by atoms with E-state index >= 15 is 0 Å². The maximum atomic E-state index is 12.3. The first-order valence-corrected chi connectivity index (χ1v) is 8.58. The smallest absolute Gasteiger partial charge is 0.229 e. The van der Waals surface area contributed by atoms with Gasteiger partial charge in [0.25, 0.3) is 0 Å². The SMILES string of the molecule is COc1ccc(C)cc1-c1csc(NC(=O)C(C)C2CNC2)n1.Cl. The number of amides is 1. The van der Waals surface area contributed by atoms with Crippen LogP contribution in [0.3, 0.4) is 0 Å². The summed E-state index contributed by atoms with van der Waals surface area (Å²) in [5.41, 5.74) is 2.91. The molecule has 130 valence electrons. The zero-order chi connectivity index (χ0) is 16.4. The molecule has 0 radical (unpaired) electrons. The molecule has 1 saturated heterocycles. The molecule has 7 heteroatoms. The lowest BCUT2D eigenvalue weighted by atomic mass is 9.88. The Morgan fingerprint density at radius 2 is 2.21 bits per heavy atom. The molecule has 2 heterocycles. The number of aromatic nitrogens is 1. The lowest BCUT2D eigenvalue weighted by molar-refractivity contribution is -0.121. The van der Waals surface area contributed by atoms with Gasteiger partial charge in [-0.05, 0) is 38.1 Å². The Bertz CT molecular complexity index is 716. The van der Waals surface area contributed by atoms with Gasteiger partial charge >= 0.3 is 0 Å². The predicted octanol–water partition coefficient (Wildman–Crippen LogP) is 3.34. The fraction of sp³-hybridized carbons (Fsp3) is 0.412. The summed E-state index contributed by atoms with van der Waals surface area (Å²) in [6.45, 7) is 5.83. The summed E-state index contributed by atoms with van der Waals surface area (Å²) in [4.78, 5) is 16.8. The van der Waals surface area contributed by atoms with Gasteiger partial charge in [-0.1, -0.05) is 18.6 Å². The van der Waals surface area contributed by atoms with Crippen molar-refractivity contribution in [3.05, 3.63) is 29.1 Å². The third-order valence-corrected chi connectivity index (χ3v) is 5.06. The van der Waals surface area contributed by atoms with Gasteiger partial charge in [0.2, 0.25) is 5.91 Å². The van der Waals surface area contributed by atoms with Gasteiger partial charge in [0, 0.05) is 16.9 Å². The molecule has 0 aliphatic carbocycles. The Morgan fingerprint density at radius 3 is 2.83 bits per heavy atom. The minimum Gasteiger partial charge on any atom is -0.496 e. The number of methoxy groups -OCH3 is 1. The van der Waals surface area contributed by atoms with Crippen LogP contribution in [0.15, 0.2) is 23.6 Å². The molecule has 0 saturated carbocycles. The van der Waals surface area contributed by atoms with E-state index in [1.165, 1.54) is 11.3 Å². The van der Waals surface area contributed by atoms with Gasteiger partial charge in [-0.15, -0.1) is 23.7 Å². The molecule has 2 N–H and O–H groups in total. The van der Waals surface area contributed by atoms with Crippen LogP contribution in [-0.2, 0) is 4.79 Å². The quantitative estimate of drug-likeness (QED) is 0.850. The largest absolute Gasteiger partial charge is 0.496 e. The molecular weight excluding hydrogens is 346 g/mol. The summed E-state index contributed by atoms with van der Waals surface area (Å²) < 4.78 is 5.41. The molecule has 1 aliphatic heterocycles. The summed E-state index contributed by atoms with van der Waals surface area (Å²) in [5.74, 6) is 1.24. The van der Waals surface area contributed by atoms with E-state index in [0.29, 0.717) is 11.0 Å². The van der Waals surface area contributed by atoms with Crippen molar-refractivity contribution in [2.75, 3.05) is 25.5 Å². The minimum atomic E-state index is -0.00268. The van der Waals surface area contributed by atoms with Gasteiger partial charge in [0.15, 0.2) is 5.13 Å². The van der Waals surface area contributed by atoms with E-state index in [-0.39, 0.29) is 24.2 Å². The first kappa shape index (κ1) is 18.7. The number of ether oxygens (including phenoxy) is 1. The van der Waals surface area contributed by atoms with E-state index in [1.54, 1.807) is 7.11 Å². The molecule has 1 amide bonds. The third kappa shape index (κ3) is 3.88. The Hall–Kier alpha value is -1.63. The van der Waals surface area contributed by atoms with Crippen LogP contribution in [0, 0.1) is 18.8 Å². The van der Waals surface area contributed by atoms with Crippen molar-refractivity contribution < 1.29 is 9.53 Å². The highest BCUT2D eigenvalue weighted by Crippen LogP contribution is 2.33. The first-order valence-electron chi connectivity index (χ1n) is 7.70. The number of halogens is 1. The van der Waals surface area contributed by atoms with Crippen LogP contribution in [0.1, 0.15) is 12.5 Å². The molecule has 1 atom stereocenters. The van der Waals surface area contributed by atoms with Crippen molar-refractivity contribution in [1.29, 1.82) is 0 Å². The van der Waals surface area contributed by atoms with E-state index in [2.05, 4.69) is 15.6 Å². The van der Waals surface area contributed by atoms with E-state index in [9.17, 15) is 4.79 Å². The van der Waals surface area contributed by atoms with E-state index < -0.39 is 0 Å². The molecule has 0 bridgehead atoms. The Kier molecular flexibility index (Phi) is 6.21. The summed E-state index contributed by atoms with van der Waals surface area (Å²) >= 11 is 1.44. The molecule has 1 fully saturated rings. The lowest BCUT2D eigenvalue weighted by Crippen LogP contribution is -2.48. The highest BCUT2D eigenvalue weighted by atomic mass is 35.5. The van der Waals surface area contributed by atoms with Gasteiger partial charge in [0.1, 0.15) is 5.75 Å². The topological polar surface area (TPSA) is 63.2 Å². The van der Waals surface area contributed by atoms with Crippen molar-refractivity contribution in [3.63, 3.8) is 0 Å². The molecule has 2 aromatic rings. The molecule has 0 spiro atoms. The number of carbonyl (C=O) groups is 1. The van der Waals surface area contributed by atoms with Crippen molar-refractivity contribution >= 4 is 34.8 Å². The van der Waals surface area contributed by atoms with E-state index in [4.69, 9.17) is 4.74 Å². The molecule has 24 heavy (non-hydrogen) atoms. The van der Waals surface area contributed by atoms with Crippen LogP contribution >= 0.6 is 23.7 Å². The number of hydrogen-bond acceptors (Lipinski definition) is 5. The van der Waals surface area contributed by atoms with Crippen LogP contribution < -0.4 is 15.4 Å². The first-order chi connectivity index (χ1) is 11.1. The Balaban J connectivity index is 0.00000208. The van der Waals surface area contributed by atoms with Crippen molar-refractivity contribution in [3.8, 4) is 17.0 Å². The normalized spacial score (nSPS) is 15.1. The second-order valence-electron chi connectivity index (χ2n) is 5.94. The number of anilines is 1. The summed E-state index contributed by atoms with van der Waals surface area (Å²) in [6.07, 6.45) is 0. The number of nitrogens with zero attached hydrogens (tertiary/aromatic N) is 1. The molecule has 1 aromatic heterocycles. The maximum absolute atomic E-state index is 12.3. The van der Waals surface area contributed by atoms with Gasteiger partial charge < -0.3 is 15.4 Å². The zero-order valence-electron chi connectivity index (χ0n) is 14.0. The van der Waals surface area contributed by atoms with Crippen molar-refractivity contribution in [1.82, 2.24) is 10.3 Å². The second kappa shape index (κ2) is 7.96. The van der Waals surface area contributed by atoms with E-state index in [1.807, 2.05) is 37.4 Å². The highest BCUT2D eigenvalue weighted by Gasteiger charge is 2.29. The average molecular weight is 368 g/mol. The van der Waals surface area contributed by atoms with Gasteiger partial charge in [0.05, 0.1) is 12.8 Å². The predicted molar refractivity (Wildman–Crippen MR) is 100 cm³/mol. The van der Waals surface area contributed by atoms with Crippen LogP contribution in [0.25, 0.3) is 11.3 Å². The van der Waals surface area contributed by atoms with Crippen molar-refractivity contribution in [2.24, 2.45) is 11.8 Å². The molecular formula is C17H22ClN3O2S. The highest BCUT2D eigenvalue weighted by molar-refractivity contribution is 7.14. The maximum Gasteiger partial charge on any atom is 0.229 e. The van der Waals surface area contributed by atoms with Gasteiger partial charge in [-0.2, -0.15) is 0 Å². The second-order valence-corrected chi connectivity index (χ2v) is 6.80. The average Bonchev–Trinajstić information content (AvgIpc) is 2.93. The fourth-order valence-electron chi connectivity index (χ4n) is 2.57. The van der Waals surface area contributed by atoms with Crippen LogP contribution in [-0.4, -0.2) is 31.1 Å². The number of carbonyl (C=O) groups excluding carboxylic acids is 1. The number of rotatable bonds is 5. The van der Waals surface area contributed by atoms with Crippen LogP contribution in [0.4, 0.5) is 5.13 Å². The zero-order valence-corrected chi connectivity index (χ0v) is 15.6. The van der Waals surface area contributed by atoms with Crippen LogP contribution in [0.5, 0.6) is 5.75 Å². The van der Waals surface area contributed by atoms with Crippen molar-refractivity contribution in [2.45, 2.75) is 13.8 Å². The minimum absolute atomic E-state index is 0. The van der Waals surface area contributed by atoms with Crippen LogP contribution in [0.2, 0.25) is 0 Å². The molecule has 1 aromatic carbocycles. The number of benzene rings is 1. The fourth-order valence-corrected chi connectivity index (χ4v) is 3.29. The van der Waals surface area contributed by atoms with Gasteiger partial charge in [-0.3, -0.25) is 4.79 Å². The molecule has 5 nitrogen and oxygen atoms in total. The standard InChI is InChI=1S/C17H21N3O2S.ClH/c1-10-4-5-15(22-3)13(6-10)14-9-23-17(19-14)20-16(21)11(2)12-7-18-8-12;/h4-6,9,11-12,18H,7-8H2,1-3H3,(H,19,20,21);1H. The Morgan fingerprint density at radius 1 is 1.46 bits per heavy atom. The third-order valence-electron chi connectivity index (χ3n) is 4.30. The van der Waals surface area contributed by atoms with E-state index in [0.717, 1.165) is 35.7 Å². The molecule has 3 rings (SSSR count). The number of thiazole rings is 1. The number of nitrogens with one attached hydrogen (secondary N) is 2. The molecule has 1 unspecified atom stereocenters. The summed E-state index contributed by atoms with van der Waals surface area (Å²) in [7, 11) is 1.65. The lowest BCUT2D eigenvalue weighted by Gasteiger charge is -2.31. The van der Waals surface area contributed by atoms with Gasteiger partial charge in [-0.25, -0.2) is 4.98 Å². The summed E-state index contributed by atoms with van der Waals surface area (Å²) in [5, 5.41) is 8.71. The molecule has 1 aliphatic rings. The monoisotopic (exact) mass is 367 g/mol. The number of aryl methyl sites for hydroxylation is 1. The number of hydrogen-bond donors (Lipinski definition) is 2.